The Morgan fingerprint density at radius 2 is 2.40 bits per heavy atom. The van der Waals surface area contributed by atoms with Crippen LogP contribution in [-0.4, -0.2) is 11.1 Å². The third kappa shape index (κ3) is 4.66. The van der Waals surface area contributed by atoms with Gasteiger partial charge in [-0.1, -0.05) is 6.92 Å². The molecule has 1 N–H and O–H groups in total. The van der Waals surface area contributed by atoms with Gasteiger partial charge in [0.15, 0.2) is 0 Å². The maximum atomic E-state index is 8.42. The predicted octanol–water partition coefficient (Wildman–Crippen LogP) is 2.29. The summed E-state index contributed by atoms with van der Waals surface area (Å²) in [5.74, 6) is 0. The van der Waals surface area contributed by atoms with Crippen LogP contribution in [0, 0.1) is 11.3 Å². The molecule has 0 aliphatic rings. The van der Waals surface area contributed by atoms with Crippen molar-refractivity contribution in [3.63, 3.8) is 0 Å². The van der Waals surface area contributed by atoms with Crippen molar-refractivity contribution in [3.05, 3.63) is 24.0 Å². The van der Waals surface area contributed by atoms with Gasteiger partial charge in [-0.3, -0.25) is 0 Å². The number of aromatic nitrogens is 1. The Hall–Kier alpha value is -1.27. The highest BCUT2D eigenvalue weighted by atomic mass is 14.9. The van der Waals surface area contributed by atoms with E-state index in [1.54, 1.807) is 0 Å². The van der Waals surface area contributed by atoms with Crippen molar-refractivity contribution in [2.24, 2.45) is 0 Å². The van der Waals surface area contributed by atoms with Crippen LogP contribution in [0.15, 0.2) is 18.5 Å². The molecule has 1 aromatic rings. The van der Waals surface area contributed by atoms with Gasteiger partial charge in [-0.05, 0) is 31.0 Å². The minimum atomic E-state index is 0.640. The van der Waals surface area contributed by atoms with Gasteiger partial charge in [0.1, 0.15) is 0 Å². The number of hydrogen-bond acceptors (Lipinski definition) is 2. The smallest absolute Gasteiger partial charge is 0.0622 e. The van der Waals surface area contributed by atoms with Crippen LogP contribution in [0.4, 0.5) is 0 Å². The minimum Gasteiger partial charge on any atom is -0.354 e. The molecule has 0 spiro atoms. The van der Waals surface area contributed by atoms with E-state index in [1.165, 1.54) is 12.0 Å². The average Bonchev–Trinajstić information content (AvgIpc) is 2.67. The number of hydrogen-bond donors (Lipinski definition) is 1. The van der Waals surface area contributed by atoms with E-state index in [9.17, 15) is 0 Å². The molecule has 0 unspecified atom stereocenters. The normalized spacial score (nSPS) is 10.1. The van der Waals surface area contributed by atoms with Gasteiger partial charge >= 0.3 is 0 Å². The lowest BCUT2D eigenvalue weighted by molar-refractivity contribution is 0.647. The number of aryl methyl sites for hydroxylation is 1. The summed E-state index contributed by atoms with van der Waals surface area (Å²) in [6.07, 6.45) is 6.98. The Morgan fingerprint density at radius 1 is 1.53 bits per heavy atom. The summed E-state index contributed by atoms with van der Waals surface area (Å²) < 4.78 is 2.15. The van der Waals surface area contributed by atoms with Gasteiger partial charge < -0.3 is 9.88 Å². The van der Waals surface area contributed by atoms with Crippen LogP contribution in [-0.2, 0) is 13.1 Å². The fourth-order valence-corrected chi connectivity index (χ4v) is 1.48. The second kappa shape index (κ2) is 7.08. The Bertz CT molecular complexity index is 309. The lowest BCUT2D eigenvalue weighted by Crippen LogP contribution is -2.13. The first-order chi connectivity index (χ1) is 7.36. The van der Waals surface area contributed by atoms with Gasteiger partial charge in [0.2, 0.25) is 0 Å². The molecule has 0 aliphatic carbocycles. The molecule has 0 bridgehead atoms. The lowest BCUT2D eigenvalue weighted by Gasteiger charge is -2.00. The first-order valence-corrected chi connectivity index (χ1v) is 5.59. The summed E-state index contributed by atoms with van der Waals surface area (Å²) in [4.78, 5) is 0. The third-order valence-corrected chi connectivity index (χ3v) is 2.27. The fourth-order valence-electron chi connectivity index (χ4n) is 1.48. The molecule has 0 atom stereocenters. The van der Waals surface area contributed by atoms with Crippen LogP contribution < -0.4 is 5.32 Å². The minimum absolute atomic E-state index is 0.640. The van der Waals surface area contributed by atoms with E-state index in [1.807, 2.05) is 0 Å². The van der Waals surface area contributed by atoms with E-state index in [-0.39, 0.29) is 0 Å². The summed E-state index contributed by atoms with van der Waals surface area (Å²) in [6.45, 7) is 5.13. The summed E-state index contributed by atoms with van der Waals surface area (Å²) in [6, 6.07) is 4.29. The second-order valence-corrected chi connectivity index (χ2v) is 3.70. The van der Waals surface area contributed by atoms with Crippen molar-refractivity contribution in [2.75, 3.05) is 6.54 Å². The molecule has 0 saturated heterocycles. The number of unbranched alkanes of at least 4 members (excludes halogenated alkanes) is 1. The van der Waals surface area contributed by atoms with Crippen LogP contribution in [0.25, 0.3) is 0 Å². The average molecular weight is 205 g/mol. The summed E-state index contributed by atoms with van der Waals surface area (Å²) in [7, 11) is 0. The molecule has 0 saturated carbocycles. The highest BCUT2D eigenvalue weighted by Gasteiger charge is 1.96. The molecule has 1 rings (SSSR count). The molecule has 1 aromatic heterocycles. The molecule has 0 aliphatic heterocycles. The van der Waals surface area contributed by atoms with Crippen molar-refractivity contribution < 1.29 is 0 Å². The predicted molar refractivity (Wildman–Crippen MR) is 61.3 cm³/mol. The van der Waals surface area contributed by atoms with Crippen LogP contribution in [0.3, 0.4) is 0 Å². The number of rotatable bonds is 7. The van der Waals surface area contributed by atoms with Gasteiger partial charge in [0.25, 0.3) is 0 Å². The third-order valence-electron chi connectivity index (χ3n) is 2.27. The number of nitriles is 1. The fraction of sp³-hybridized carbons (Fsp3) is 0.583. The van der Waals surface area contributed by atoms with Crippen molar-refractivity contribution in [1.82, 2.24) is 9.88 Å². The van der Waals surface area contributed by atoms with Crippen molar-refractivity contribution in [2.45, 2.75) is 39.3 Å². The molecule has 15 heavy (non-hydrogen) atoms. The monoisotopic (exact) mass is 205 g/mol. The molecule has 0 fully saturated rings. The topological polar surface area (TPSA) is 40.8 Å². The van der Waals surface area contributed by atoms with E-state index >= 15 is 0 Å². The molecule has 82 valence electrons. The SMILES string of the molecule is CCCNCc1ccn(CCCC#N)c1. The molecule has 0 aromatic carbocycles. The van der Waals surface area contributed by atoms with E-state index in [4.69, 9.17) is 5.26 Å². The van der Waals surface area contributed by atoms with E-state index in [2.05, 4.69) is 41.3 Å². The van der Waals surface area contributed by atoms with Gasteiger partial charge in [-0.25, -0.2) is 0 Å². The van der Waals surface area contributed by atoms with Crippen LogP contribution >= 0.6 is 0 Å². The Kier molecular flexibility index (Phi) is 5.57. The second-order valence-electron chi connectivity index (χ2n) is 3.70. The number of nitrogens with zero attached hydrogens (tertiary/aromatic N) is 2. The Morgan fingerprint density at radius 3 is 3.13 bits per heavy atom. The highest BCUT2D eigenvalue weighted by Crippen LogP contribution is 2.03. The maximum Gasteiger partial charge on any atom is 0.0622 e. The zero-order chi connectivity index (χ0) is 10.9. The quantitative estimate of drug-likeness (QED) is 0.694. The standard InChI is InChI=1S/C12H19N3/c1-2-7-14-10-12-5-9-15(11-12)8-4-3-6-13/h5,9,11,14H,2-4,7-8,10H2,1H3. The molecule has 3 nitrogen and oxygen atoms in total. The Labute approximate surface area is 91.7 Å². The number of nitrogens with one attached hydrogen (secondary N) is 1. The van der Waals surface area contributed by atoms with E-state index in [0.29, 0.717) is 6.42 Å². The van der Waals surface area contributed by atoms with Gasteiger partial charge in [-0.15, -0.1) is 0 Å². The lowest BCUT2D eigenvalue weighted by atomic mass is 10.3. The summed E-state index contributed by atoms with van der Waals surface area (Å²) in [5, 5.41) is 11.8. The largest absolute Gasteiger partial charge is 0.354 e. The molecule has 3 heteroatoms. The van der Waals surface area contributed by atoms with Crippen molar-refractivity contribution >= 4 is 0 Å². The highest BCUT2D eigenvalue weighted by molar-refractivity contribution is 5.09. The summed E-state index contributed by atoms with van der Waals surface area (Å²) >= 11 is 0. The van der Waals surface area contributed by atoms with Crippen LogP contribution in [0.2, 0.25) is 0 Å². The maximum absolute atomic E-state index is 8.42. The summed E-state index contributed by atoms with van der Waals surface area (Å²) in [5.41, 5.74) is 1.32. The van der Waals surface area contributed by atoms with Crippen molar-refractivity contribution in [1.29, 1.82) is 5.26 Å². The van der Waals surface area contributed by atoms with Gasteiger partial charge in [-0.2, -0.15) is 5.26 Å². The van der Waals surface area contributed by atoms with Gasteiger partial charge in [0.05, 0.1) is 6.07 Å². The van der Waals surface area contributed by atoms with Crippen LogP contribution in [0.1, 0.15) is 31.7 Å². The van der Waals surface area contributed by atoms with E-state index < -0.39 is 0 Å². The molecular formula is C12H19N3. The van der Waals surface area contributed by atoms with Gasteiger partial charge in [0, 0.05) is 31.9 Å². The van der Waals surface area contributed by atoms with Crippen molar-refractivity contribution in [3.8, 4) is 6.07 Å². The molecule has 0 amide bonds. The first kappa shape index (κ1) is 11.8. The molecule has 1 heterocycles. The van der Waals surface area contributed by atoms with Crippen LogP contribution in [0.5, 0.6) is 0 Å². The van der Waals surface area contributed by atoms with E-state index in [0.717, 1.165) is 26.1 Å². The zero-order valence-electron chi connectivity index (χ0n) is 9.37. The molecule has 0 radical (unpaired) electrons. The first-order valence-electron chi connectivity index (χ1n) is 5.59. The Balaban J connectivity index is 2.26. The zero-order valence-corrected chi connectivity index (χ0v) is 9.37. The molecular weight excluding hydrogens is 186 g/mol.